The van der Waals surface area contributed by atoms with Gasteiger partial charge < -0.3 is 14.4 Å². The van der Waals surface area contributed by atoms with E-state index in [-0.39, 0.29) is 6.61 Å². The number of hydrogen-bond acceptors (Lipinski definition) is 5. The molecule has 1 saturated heterocycles. The van der Waals surface area contributed by atoms with Gasteiger partial charge in [0.25, 0.3) is 0 Å². The van der Waals surface area contributed by atoms with E-state index in [0.29, 0.717) is 25.9 Å². The molecule has 1 amide bonds. The zero-order valence-corrected chi connectivity index (χ0v) is 10.8. The van der Waals surface area contributed by atoms with Gasteiger partial charge in [-0.3, -0.25) is 0 Å². The summed E-state index contributed by atoms with van der Waals surface area (Å²) in [5.41, 5.74) is 0. The Labute approximate surface area is 109 Å². The Morgan fingerprint density at radius 1 is 1.39 bits per heavy atom. The zero-order valence-electron chi connectivity index (χ0n) is 9.90. The first-order chi connectivity index (χ1) is 8.34. The minimum Gasteiger partial charge on any atom is -0.457 e. The fourth-order valence-electron chi connectivity index (χ4n) is 1.59. The number of piperidine rings is 1. The Kier molecular flexibility index (Phi) is 5.18. The largest absolute Gasteiger partial charge is 0.457 e. The number of ether oxygens (including phenoxy) is 2. The van der Waals surface area contributed by atoms with E-state index < -0.39 is 23.4 Å². The van der Waals surface area contributed by atoms with Gasteiger partial charge in [0.15, 0.2) is 0 Å². The van der Waals surface area contributed by atoms with Crippen molar-refractivity contribution in [1.29, 1.82) is 0 Å². The number of amides is 1. The molecule has 0 aromatic heterocycles. The summed E-state index contributed by atoms with van der Waals surface area (Å²) in [6.07, 6.45) is -0.425. The highest BCUT2D eigenvalue weighted by Gasteiger charge is 2.38. The van der Waals surface area contributed by atoms with Crippen LogP contribution in [0.2, 0.25) is 0 Å². The molecule has 18 heavy (non-hydrogen) atoms. The molecule has 0 radical (unpaired) electrons. The molecule has 104 valence electrons. The summed E-state index contributed by atoms with van der Waals surface area (Å²) in [6.45, 7) is 2.60. The molecule has 0 aliphatic carbocycles. The van der Waals surface area contributed by atoms with Gasteiger partial charge in [-0.1, -0.05) is 12.6 Å². The van der Waals surface area contributed by atoms with Crippen LogP contribution in [0.15, 0.2) is 0 Å². The van der Waals surface area contributed by atoms with Crippen LogP contribution >= 0.6 is 12.6 Å². The van der Waals surface area contributed by atoms with Crippen molar-refractivity contribution in [3.05, 3.63) is 0 Å². The van der Waals surface area contributed by atoms with E-state index >= 15 is 0 Å². The van der Waals surface area contributed by atoms with Gasteiger partial charge in [0.1, 0.15) is 6.10 Å². The molecule has 0 N–H and O–H groups in total. The number of nitrogens with zero attached hydrogens (tertiary/aromatic N) is 1. The van der Waals surface area contributed by atoms with Crippen LogP contribution in [-0.4, -0.2) is 48.0 Å². The molecule has 0 bridgehead atoms. The molecule has 0 atom stereocenters. The minimum atomic E-state index is -3.78. The lowest BCUT2D eigenvalue weighted by atomic mass is 10.1. The second kappa shape index (κ2) is 6.21. The number of esters is 1. The molecule has 0 unspecified atom stereocenters. The predicted octanol–water partition coefficient (Wildman–Crippen LogP) is 1.67. The van der Waals surface area contributed by atoms with Crippen LogP contribution in [0, 0.1) is 0 Å². The van der Waals surface area contributed by atoms with E-state index in [9.17, 15) is 18.4 Å². The lowest BCUT2D eigenvalue weighted by molar-refractivity contribution is -0.167. The van der Waals surface area contributed by atoms with Crippen molar-refractivity contribution in [2.45, 2.75) is 31.1 Å². The molecule has 1 aliphatic heterocycles. The SMILES string of the molecule is CCOC(=O)N1CCC(OC(=O)C(F)(F)S)CC1. The summed E-state index contributed by atoms with van der Waals surface area (Å²) in [5, 5.41) is -3.78. The van der Waals surface area contributed by atoms with Gasteiger partial charge in [-0.2, -0.15) is 8.78 Å². The smallest absolute Gasteiger partial charge is 0.409 e. The van der Waals surface area contributed by atoms with Crippen molar-refractivity contribution < 1.29 is 27.8 Å². The van der Waals surface area contributed by atoms with Crippen molar-refractivity contribution in [3.63, 3.8) is 0 Å². The van der Waals surface area contributed by atoms with Crippen molar-refractivity contribution in [2.24, 2.45) is 0 Å². The maximum Gasteiger partial charge on any atom is 0.409 e. The third kappa shape index (κ3) is 4.32. The summed E-state index contributed by atoms with van der Waals surface area (Å²) in [4.78, 5) is 23.7. The molecule has 0 aromatic carbocycles. The zero-order chi connectivity index (χ0) is 13.8. The molecule has 0 aromatic rings. The van der Waals surface area contributed by atoms with Gasteiger partial charge in [0.2, 0.25) is 0 Å². The van der Waals surface area contributed by atoms with Crippen molar-refractivity contribution >= 4 is 24.7 Å². The summed E-state index contributed by atoms with van der Waals surface area (Å²) < 4.78 is 34.4. The first-order valence-corrected chi connectivity index (χ1v) is 6.02. The molecular weight excluding hydrogens is 268 g/mol. The van der Waals surface area contributed by atoms with Gasteiger partial charge in [-0.25, -0.2) is 9.59 Å². The number of halogens is 2. The Bertz CT molecular complexity index is 313. The average molecular weight is 283 g/mol. The molecule has 5 nitrogen and oxygen atoms in total. The van der Waals surface area contributed by atoms with Crippen LogP contribution in [0.3, 0.4) is 0 Å². The first kappa shape index (κ1) is 15.0. The second-order valence-corrected chi connectivity index (χ2v) is 4.39. The van der Waals surface area contributed by atoms with Gasteiger partial charge in [-0.05, 0) is 6.92 Å². The number of likely N-dealkylation sites (tertiary alicyclic amines) is 1. The van der Waals surface area contributed by atoms with Crippen LogP contribution in [0.1, 0.15) is 19.8 Å². The fourth-order valence-corrected chi connectivity index (χ4v) is 1.65. The van der Waals surface area contributed by atoms with E-state index in [1.165, 1.54) is 4.90 Å². The highest BCUT2D eigenvalue weighted by Crippen LogP contribution is 2.23. The molecule has 1 rings (SSSR count). The lowest BCUT2D eigenvalue weighted by Gasteiger charge is -2.31. The van der Waals surface area contributed by atoms with Crippen LogP contribution < -0.4 is 0 Å². The number of hydrogen-bond donors (Lipinski definition) is 1. The fraction of sp³-hybridized carbons (Fsp3) is 0.800. The predicted molar refractivity (Wildman–Crippen MR) is 61.6 cm³/mol. The highest BCUT2D eigenvalue weighted by atomic mass is 32.1. The van der Waals surface area contributed by atoms with Crippen molar-refractivity contribution in [3.8, 4) is 0 Å². The molecule has 1 aliphatic rings. The summed E-state index contributed by atoms with van der Waals surface area (Å²) in [7, 11) is 0. The van der Waals surface area contributed by atoms with Gasteiger partial charge in [-0.15, -0.1) is 0 Å². The molecule has 1 heterocycles. The molecule has 8 heteroatoms. The van der Waals surface area contributed by atoms with Gasteiger partial charge in [0, 0.05) is 25.9 Å². The van der Waals surface area contributed by atoms with E-state index in [2.05, 4.69) is 17.4 Å². The maximum atomic E-state index is 12.5. The molecule has 0 spiro atoms. The van der Waals surface area contributed by atoms with Crippen LogP contribution in [-0.2, 0) is 14.3 Å². The number of thiol groups is 1. The van der Waals surface area contributed by atoms with Gasteiger partial charge in [0.05, 0.1) is 6.61 Å². The average Bonchev–Trinajstić information content (AvgIpc) is 2.29. The third-order valence-electron chi connectivity index (χ3n) is 2.49. The maximum absolute atomic E-state index is 12.5. The van der Waals surface area contributed by atoms with Crippen LogP contribution in [0.5, 0.6) is 0 Å². The summed E-state index contributed by atoms with van der Waals surface area (Å²) in [5.74, 6) is -1.65. The Morgan fingerprint density at radius 3 is 2.39 bits per heavy atom. The van der Waals surface area contributed by atoms with E-state index in [1.54, 1.807) is 6.92 Å². The van der Waals surface area contributed by atoms with Gasteiger partial charge >= 0.3 is 17.3 Å². The minimum absolute atomic E-state index is 0.277. The monoisotopic (exact) mass is 283 g/mol. The van der Waals surface area contributed by atoms with E-state index in [4.69, 9.17) is 4.74 Å². The van der Waals surface area contributed by atoms with Crippen molar-refractivity contribution in [2.75, 3.05) is 19.7 Å². The Hall–Kier alpha value is -1.05. The van der Waals surface area contributed by atoms with Crippen LogP contribution in [0.25, 0.3) is 0 Å². The lowest BCUT2D eigenvalue weighted by Crippen LogP contribution is -2.42. The molecule has 1 fully saturated rings. The topological polar surface area (TPSA) is 55.8 Å². The van der Waals surface area contributed by atoms with E-state index in [1.807, 2.05) is 0 Å². The summed E-state index contributed by atoms with van der Waals surface area (Å²) >= 11 is 2.83. The first-order valence-electron chi connectivity index (χ1n) is 5.57. The van der Waals surface area contributed by atoms with E-state index in [0.717, 1.165) is 0 Å². The normalized spacial score (nSPS) is 17.4. The Morgan fingerprint density at radius 2 is 1.94 bits per heavy atom. The number of rotatable bonds is 3. The standard InChI is InChI=1S/C10H15F2NO4S/c1-2-16-9(15)13-5-3-7(4-6-13)17-8(14)10(11,12)18/h7,18H,2-6H2,1H3. The number of alkyl halides is 2. The number of carbonyl (C=O) groups excluding carboxylic acids is 2. The highest BCUT2D eigenvalue weighted by molar-refractivity contribution is 7.82. The third-order valence-corrected chi connectivity index (χ3v) is 2.67. The summed E-state index contributed by atoms with van der Waals surface area (Å²) in [6, 6.07) is 0. The second-order valence-electron chi connectivity index (χ2n) is 3.83. The van der Waals surface area contributed by atoms with Crippen molar-refractivity contribution in [1.82, 2.24) is 4.90 Å². The molecular formula is C10H15F2NO4S. The van der Waals surface area contributed by atoms with Crippen LogP contribution in [0.4, 0.5) is 13.6 Å². The Balaban J connectivity index is 2.36. The molecule has 0 saturated carbocycles. The number of carbonyl (C=O) groups is 2. The quantitative estimate of drug-likeness (QED) is 0.632.